The van der Waals surface area contributed by atoms with Crippen LogP contribution >= 0.6 is 0 Å². The lowest BCUT2D eigenvalue weighted by atomic mass is 9.96. The summed E-state index contributed by atoms with van der Waals surface area (Å²) >= 11 is 0. The van der Waals surface area contributed by atoms with Crippen LogP contribution < -0.4 is 5.32 Å². The van der Waals surface area contributed by atoms with Crippen molar-refractivity contribution in [2.75, 3.05) is 26.4 Å². The van der Waals surface area contributed by atoms with Crippen molar-refractivity contribution >= 4 is 5.91 Å². The van der Waals surface area contributed by atoms with E-state index in [0.717, 1.165) is 38.5 Å². The summed E-state index contributed by atoms with van der Waals surface area (Å²) in [6, 6.07) is -0.990. The number of unbranched alkanes of at least 4 members (excludes halogenated alkanes) is 67. The lowest BCUT2D eigenvalue weighted by molar-refractivity contribution is -0.379. The molecule has 0 aliphatic carbocycles. The molecule has 17 atom stereocenters. The van der Waals surface area contributed by atoms with Gasteiger partial charge in [-0.3, -0.25) is 4.79 Å². The van der Waals surface area contributed by atoms with Crippen LogP contribution in [0.3, 0.4) is 0 Å². The first-order valence-electron chi connectivity index (χ1n) is 50.6. The van der Waals surface area contributed by atoms with Crippen LogP contribution in [-0.2, 0) is 33.2 Å². The fourth-order valence-corrected chi connectivity index (χ4v) is 17.5. The molecule has 0 bridgehead atoms. The van der Waals surface area contributed by atoms with Gasteiger partial charge in [0.15, 0.2) is 18.9 Å². The number of carbonyl (C=O) groups excluding carboxylic acids is 1. The number of aliphatic hydroxyl groups is 11. The van der Waals surface area contributed by atoms with Crippen molar-refractivity contribution in [2.45, 2.75) is 574 Å². The monoisotopic (exact) mass is 1680 g/mol. The van der Waals surface area contributed by atoms with Gasteiger partial charge in [-0.2, -0.15) is 0 Å². The van der Waals surface area contributed by atoms with Crippen LogP contribution in [-0.4, -0.2) is 193 Å². The molecule has 0 aromatic carbocycles. The Hall–Kier alpha value is -1.73. The average Bonchev–Trinajstić information content (AvgIpc) is 0.783. The Morgan fingerprint density at radius 1 is 0.297 bits per heavy atom. The van der Waals surface area contributed by atoms with Crippen LogP contribution in [0.2, 0.25) is 0 Å². The topological polar surface area (TPSA) is 307 Å². The van der Waals surface area contributed by atoms with E-state index in [4.69, 9.17) is 28.4 Å². The van der Waals surface area contributed by atoms with Gasteiger partial charge in [0.2, 0.25) is 5.91 Å². The van der Waals surface area contributed by atoms with Gasteiger partial charge >= 0.3 is 0 Å². The van der Waals surface area contributed by atoms with E-state index in [1.165, 1.54) is 398 Å². The number of hydrogen-bond donors (Lipinski definition) is 12. The van der Waals surface area contributed by atoms with Gasteiger partial charge in [-0.15, -0.1) is 0 Å². The lowest BCUT2D eigenvalue weighted by Crippen LogP contribution is -2.66. The van der Waals surface area contributed by atoms with E-state index in [9.17, 15) is 61.0 Å². The summed E-state index contributed by atoms with van der Waals surface area (Å²) < 4.78 is 34.6. The minimum Gasteiger partial charge on any atom is -0.394 e. The molecule has 3 fully saturated rings. The summed E-state index contributed by atoms with van der Waals surface area (Å²) in [6.45, 7) is 1.81. The Morgan fingerprint density at radius 3 is 0.847 bits per heavy atom. The molecule has 3 rings (SSSR count). The Balaban J connectivity index is 1.28. The van der Waals surface area contributed by atoms with Crippen molar-refractivity contribution in [1.29, 1.82) is 0 Å². The highest BCUT2D eigenvalue weighted by Crippen LogP contribution is 2.34. The van der Waals surface area contributed by atoms with Gasteiger partial charge in [-0.1, -0.05) is 456 Å². The molecule has 3 heterocycles. The van der Waals surface area contributed by atoms with Crippen molar-refractivity contribution in [2.24, 2.45) is 0 Å². The molecule has 0 aromatic rings. The zero-order chi connectivity index (χ0) is 85.2. The van der Waals surface area contributed by atoms with E-state index in [0.29, 0.717) is 12.8 Å². The summed E-state index contributed by atoms with van der Waals surface area (Å²) in [5.74, 6) is -0.274. The summed E-state index contributed by atoms with van der Waals surface area (Å²) in [5, 5.41) is 121. The van der Waals surface area contributed by atoms with Gasteiger partial charge in [0.1, 0.15) is 73.2 Å². The Morgan fingerprint density at radius 2 is 0.542 bits per heavy atom. The second-order valence-electron chi connectivity index (χ2n) is 36.3. The molecule has 3 aliphatic heterocycles. The van der Waals surface area contributed by atoms with Crippen molar-refractivity contribution in [3.8, 4) is 0 Å². The summed E-state index contributed by atoms with van der Waals surface area (Å²) in [7, 11) is 0. The number of aliphatic hydroxyl groups excluding tert-OH is 11. The predicted octanol–water partition coefficient (Wildman–Crippen LogP) is 21.1. The van der Waals surface area contributed by atoms with Gasteiger partial charge in [0.25, 0.3) is 0 Å². The number of nitrogens with one attached hydrogen (secondary N) is 1. The number of hydrogen-bond acceptors (Lipinski definition) is 18. The van der Waals surface area contributed by atoms with Crippen molar-refractivity contribution < 1.29 is 89.4 Å². The van der Waals surface area contributed by atoms with Crippen molar-refractivity contribution in [3.05, 3.63) is 24.3 Å². The molecular weight excluding hydrogens is 1490 g/mol. The maximum Gasteiger partial charge on any atom is 0.220 e. The molecule has 17 unspecified atom stereocenters. The molecule has 3 aliphatic rings. The van der Waals surface area contributed by atoms with E-state index in [1.807, 2.05) is 6.08 Å². The van der Waals surface area contributed by atoms with E-state index in [-0.39, 0.29) is 18.9 Å². The van der Waals surface area contributed by atoms with Gasteiger partial charge in [-0.05, 0) is 32.1 Å². The van der Waals surface area contributed by atoms with Crippen molar-refractivity contribution in [3.63, 3.8) is 0 Å². The van der Waals surface area contributed by atoms with Crippen LogP contribution in [0.1, 0.15) is 470 Å². The third kappa shape index (κ3) is 55.7. The predicted molar refractivity (Wildman–Crippen MR) is 480 cm³/mol. The summed E-state index contributed by atoms with van der Waals surface area (Å²) in [4.78, 5) is 13.6. The fourth-order valence-electron chi connectivity index (χ4n) is 17.5. The normalized spacial score (nSPS) is 24.3. The van der Waals surface area contributed by atoms with Crippen LogP contribution in [0.15, 0.2) is 24.3 Å². The zero-order valence-electron chi connectivity index (χ0n) is 75.9. The minimum absolute atomic E-state index is 0.242. The molecule has 19 nitrogen and oxygen atoms in total. The molecule has 12 N–H and O–H groups in total. The summed E-state index contributed by atoms with van der Waals surface area (Å²) in [6.07, 6.45) is 75.3. The lowest BCUT2D eigenvalue weighted by Gasteiger charge is -2.48. The Bertz CT molecular complexity index is 2210. The fraction of sp³-hybridized carbons (Fsp3) is 0.949. The molecule has 19 heteroatoms. The minimum atomic E-state index is -1.98. The van der Waals surface area contributed by atoms with Gasteiger partial charge < -0.3 is 89.9 Å². The van der Waals surface area contributed by atoms with Gasteiger partial charge in [-0.25, -0.2) is 0 Å². The number of ether oxygens (including phenoxy) is 6. The number of carbonyl (C=O) groups is 1. The average molecular weight is 1680 g/mol. The van der Waals surface area contributed by atoms with E-state index >= 15 is 0 Å². The van der Waals surface area contributed by atoms with Crippen LogP contribution in [0.25, 0.3) is 0 Å². The number of amides is 1. The molecule has 0 saturated carbocycles. The number of rotatable bonds is 85. The molecular formula is C99H189NO18. The molecule has 698 valence electrons. The van der Waals surface area contributed by atoms with E-state index < -0.39 is 124 Å². The summed E-state index contributed by atoms with van der Waals surface area (Å²) in [5.41, 5.74) is 0. The highest BCUT2D eigenvalue weighted by molar-refractivity contribution is 5.76. The zero-order valence-corrected chi connectivity index (χ0v) is 75.9. The molecule has 0 aromatic heterocycles. The van der Waals surface area contributed by atoms with Gasteiger partial charge in [0, 0.05) is 6.42 Å². The maximum absolute atomic E-state index is 13.6. The second kappa shape index (κ2) is 78.7. The van der Waals surface area contributed by atoms with Crippen molar-refractivity contribution in [1.82, 2.24) is 5.32 Å². The maximum atomic E-state index is 13.6. The van der Waals surface area contributed by atoms with Crippen LogP contribution in [0.5, 0.6) is 0 Å². The highest BCUT2D eigenvalue weighted by atomic mass is 16.8. The highest BCUT2D eigenvalue weighted by Gasteiger charge is 2.54. The molecule has 3 saturated heterocycles. The third-order valence-electron chi connectivity index (χ3n) is 25.5. The first kappa shape index (κ1) is 110. The van der Waals surface area contributed by atoms with Crippen LogP contribution in [0, 0.1) is 0 Å². The standard InChI is InChI=1S/C99H189NO18/c1-3-5-7-9-11-13-15-17-19-21-23-25-27-29-31-33-35-37-38-39-40-41-42-43-45-47-49-51-53-55-57-59-61-63-65-67-69-71-73-75-77-87(105)100-82(83(104)76-74-72-70-68-66-64-62-60-58-56-54-52-50-48-46-44-36-34-32-30-28-26-24-22-20-18-16-14-12-10-8-6-4-2)81-113-97-93(111)90(108)95(85(79-102)115-97)118-99-94(112)91(109)96(86(80-103)116-99)117-98-92(110)89(107)88(106)84(78-101)114-98/h66,68,74,76,82-86,88-99,101-104,106-112H,3-65,67,69-73,75,77-81H2,1-2H3,(H,100,105)/b68-66+,76-74+. The quantitative estimate of drug-likeness (QED) is 0.0199. The SMILES string of the molecule is CCCCCCCCCCCCCCCCCCCCCCCCCCCCC/C=C/CC/C=C/C(O)C(COC1OC(CO)C(OC2OC(CO)C(OC3OC(CO)C(O)C(O)C3O)C(O)C2O)C(O)C1O)NC(=O)CCCCCCCCCCCCCCCCCCCCCCCCCCCCCCCCCCCCCCCCCC. The largest absolute Gasteiger partial charge is 0.394 e. The molecule has 0 radical (unpaired) electrons. The first-order valence-corrected chi connectivity index (χ1v) is 50.6. The van der Waals surface area contributed by atoms with E-state index in [2.05, 4.69) is 31.3 Å². The number of allylic oxidation sites excluding steroid dienone is 3. The van der Waals surface area contributed by atoms with Crippen LogP contribution in [0.4, 0.5) is 0 Å². The molecule has 118 heavy (non-hydrogen) atoms. The van der Waals surface area contributed by atoms with Gasteiger partial charge in [0.05, 0.1) is 38.6 Å². The third-order valence-corrected chi connectivity index (χ3v) is 25.5. The Labute approximate surface area is 721 Å². The first-order chi connectivity index (χ1) is 57.8. The smallest absolute Gasteiger partial charge is 0.220 e. The van der Waals surface area contributed by atoms with E-state index in [1.54, 1.807) is 6.08 Å². The molecule has 1 amide bonds. The molecule has 0 spiro atoms. The second-order valence-corrected chi connectivity index (χ2v) is 36.3. The Kier molecular flexibility index (Phi) is 73.7.